The molecule has 0 aliphatic rings. The first kappa shape index (κ1) is 17.6. The summed E-state index contributed by atoms with van der Waals surface area (Å²) in [4.78, 5) is 19.9. The monoisotopic (exact) mass is 361 g/mol. The van der Waals surface area contributed by atoms with Crippen LogP contribution < -0.4 is 5.32 Å². The summed E-state index contributed by atoms with van der Waals surface area (Å²) in [6.07, 6.45) is 0.404. The second kappa shape index (κ2) is 6.95. The number of carbonyl (C=O) groups excluding carboxylic acids is 1. The average Bonchev–Trinajstić information content (AvgIpc) is 3.14. The number of nitrogens with zero attached hydrogens (tertiary/aromatic N) is 4. The van der Waals surface area contributed by atoms with Crippen molar-refractivity contribution in [2.75, 3.05) is 0 Å². The molecule has 1 amide bonds. The van der Waals surface area contributed by atoms with Crippen molar-refractivity contribution < 1.29 is 18.0 Å². The zero-order chi connectivity index (χ0) is 18.7. The quantitative estimate of drug-likeness (QED) is 0.776. The highest BCUT2D eigenvalue weighted by molar-refractivity contribution is 5.95. The number of hydrogen-bond donors (Lipinski definition) is 1. The first-order chi connectivity index (χ1) is 12.3. The van der Waals surface area contributed by atoms with E-state index in [2.05, 4.69) is 20.4 Å². The Morgan fingerprint density at radius 2 is 2.04 bits per heavy atom. The normalized spacial score (nSPS) is 11.4. The highest BCUT2D eigenvalue weighted by Crippen LogP contribution is 2.28. The molecule has 0 aliphatic carbocycles. The number of nitrogens with one attached hydrogen (secondary N) is 1. The van der Waals surface area contributed by atoms with Gasteiger partial charge in [0.15, 0.2) is 5.82 Å². The Hall–Kier alpha value is -3.23. The SMILES string of the molecule is Cc1nc(C(F)(F)F)ccc1C(=O)NCc1ccnc(-n2cccn2)c1. The van der Waals surface area contributed by atoms with E-state index in [1.807, 2.05) is 0 Å². The van der Waals surface area contributed by atoms with Gasteiger partial charge in [-0.2, -0.15) is 18.3 Å². The number of rotatable bonds is 4. The van der Waals surface area contributed by atoms with E-state index in [1.54, 1.807) is 41.5 Å². The van der Waals surface area contributed by atoms with Crippen molar-refractivity contribution in [1.82, 2.24) is 25.1 Å². The third-order valence-corrected chi connectivity index (χ3v) is 3.62. The number of pyridine rings is 2. The lowest BCUT2D eigenvalue weighted by Gasteiger charge is -2.11. The van der Waals surface area contributed by atoms with Crippen LogP contribution in [0.3, 0.4) is 0 Å². The third kappa shape index (κ3) is 3.88. The molecular weight excluding hydrogens is 347 g/mol. The first-order valence-corrected chi connectivity index (χ1v) is 7.62. The van der Waals surface area contributed by atoms with Crippen molar-refractivity contribution in [3.05, 3.63) is 71.4 Å². The van der Waals surface area contributed by atoms with E-state index >= 15 is 0 Å². The van der Waals surface area contributed by atoms with E-state index in [1.165, 1.54) is 6.92 Å². The summed E-state index contributed by atoms with van der Waals surface area (Å²) in [6, 6.07) is 7.17. The van der Waals surface area contributed by atoms with Crippen LogP contribution in [0.4, 0.5) is 13.2 Å². The molecule has 0 unspecified atom stereocenters. The van der Waals surface area contributed by atoms with Crippen LogP contribution in [0.5, 0.6) is 0 Å². The van der Waals surface area contributed by atoms with E-state index in [0.717, 1.165) is 17.7 Å². The van der Waals surface area contributed by atoms with E-state index in [4.69, 9.17) is 0 Å². The number of alkyl halides is 3. The van der Waals surface area contributed by atoms with Crippen molar-refractivity contribution in [1.29, 1.82) is 0 Å². The standard InChI is InChI=1S/C17H14F3N5O/c1-11-13(3-4-14(24-11)17(18,19)20)16(26)22-10-12-5-7-21-15(9-12)25-8-2-6-23-25/h2-9H,10H2,1H3,(H,22,26). The highest BCUT2D eigenvalue weighted by atomic mass is 19.4. The number of aromatic nitrogens is 4. The zero-order valence-corrected chi connectivity index (χ0v) is 13.7. The van der Waals surface area contributed by atoms with Gasteiger partial charge in [-0.25, -0.2) is 14.6 Å². The van der Waals surface area contributed by atoms with Crippen LogP contribution in [0.2, 0.25) is 0 Å². The molecule has 26 heavy (non-hydrogen) atoms. The molecule has 0 spiro atoms. The summed E-state index contributed by atoms with van der Waals surface area (Å²) >= 11 is 0. The Morgan fingerprint density at radius 1 is 1.23 bits per heavy atom. The molecule has 0 saturated carbocycles. The molecule has 0 saturated heterocycles. The molecule has 0 atom stereocenters. The van der Waals surface area contributed by atoms with E-state index in [-0.39, 0.29) is 17.8 Å². The van der Waals surface area contributed by atoms with Crippen molar-refractivity contribution >= 4 is 5.91 Å². The molecule has 0 aliphatic heterocycles. The molecule has 0 fully saturated rings. The summed E-state index contributed by atoms with van der Waals surface area (Å²) in [5.41, 5.74) is -0.135. The van der Waals surface area contributed by atoms with Gasteiger partial charge in [0, 0.05) is 25.1 Å². The topological polar surface area (TPSA) is 72.7 Å². The number of halogens is 3. The van der Waals surface area contributed by atoms with Crippen LogP contribution in [-0.4, -0.2) is 25.7 Å². The van der Waals surface area contributed by atoms with Gasteiger partial charge in [-0.05, 0) is 42.8 Å². The second-order valence-electron chi connectivity index (χ2n) is 5.48. The molecule has 6 nitrogen and oxygen atoms in total. The van der Waals surface area contributed by atoms with Gasteiger partial charge < -0.3 is 5.32 Å². The maximum atomic E-state index is 12.6. The fraction of sp³-hybridized carbons (Fsp3) is 0.176. The first-order valence-electron chi connectivity index (χ1n) is 7.62. The van der Waals surface area contributed by atoms with Gasteiger partial charge in [-0.15, -0.1) is 0 Å². The predicted octanol–water partition coefficient (Wildman–Crippen LogP) is 2.92. The van der Waals surface area contributed by atoms with Gasteiger partial charge in [0.2, 0.25) is 0 Å². The van der Waals surface area contributed by atoms with Gasteiger partial charge >= 0.3 is 6.18 Å². The van der Waals surface area contributed by atoms with Crippen molar-refractivity contribution in [2.24, 2.45) is 0 Å². The van der Waals surface area contributed by atoms with Gasteiger partial charge in [0.1, 0.15) is 5.69 Å². The maximum absolute atomic E-state index is 12.6. The lowest BCUT2D eigenvalue weighted by Crippen LogP contribution is -2.24. The van der Waals surface area contributed by atoms with E-state index in [9.17, 15) is 18.0 Å². The molecule has 134 valence electrons. The molecule has 3 aromatic heterocycles. The second-order valence-corrected chi connectivity index (χ2v) is 5.48. The molecule has 3 aromatic rings. The lowest BCUT2D eigenvalue weighted by atomic mass is 10.1. The van der Waals surface area contributed by atoms with Crippen LogP contribution in [0.25, 0.3) is 5.82 Å². The predicted molar refractivity (Wildman–Crippen MR) is 86.5 cm³/mol. The number of aryl methyl sites for hydroxylation is 1. The van der Waals surface area contributed by atoms with Crippen LogP contribution in [0, 0.1) is 6.92 Å². The molecule has 0 radical (unpaired) electrons. The minimum atomic E-state index is -4.54. The van der Waals surface area contributed by atoms with Crippen molar-refractivity contribution in [2.45, 2.75) is 19.6 Å². The molecule has 9 heteroatoms. The Morgan fingerprint density at radius 3 is 2.69 bits per heavy atom. The van der Waals surface area contributed by atoms with Gasteiger partial charge in [-0.3, -0.25) is 4.79 Å². The Kier molecular flexibility index (Phi) is 4.70. The number of carbonyl (C=O) groups is 1. The largest absolute Gasteiger partial charge is 0.433 e. The summed E-state index contributed by atoms with van der Waals surface area (Å²) in [5, 5.41) is 6.75. The summed E-state index contributed by atoms with van der Waals surface area (Å²) in [6.45, 7) is 1.56. The van der Waals surface area contributed by atoms with Gasteiger partial charge in [-0.1, -0.05) is 0 Å². The molecule has 3 rings (SSSR count). The highest BCUT2D eigenvalue weighted by Gasteiger charge is 2.33. The van der Waals surface area contributed by atoms with Gasteiger partial charge in [0.05, 0.1) is 11.3 Å². The van der Waals surface area contributed by atoms with Crippen molar-refractivity contribution in [3.63, 3.8) is 0 Å². The summed E-state index contributed by atoms with van der Waals surface area (Å²) in [7, 11) is 0. The lowest BCUT2D eigenvalue weighted by molar-refractivity contribution is -0.141. The minimum Gasteiger partial charge on any atom is -0.348 e. The maximum Gasteiger partial charge on any atom is 0.433 e. The van der Waals surface area contributed by atoms with Crippen LogP contribution in [0.15, 0.2) is 48.9 Å². The van der Waals surface area contributed by atoms with Crippen LogP contribution >= 0.6 is 0 Å². The van der Waals surface area contributed by atoms with Crippen LogP contribution in [-0.2, 0) is 12.7 Å². The van der Waals surface area contributed by atoms with E-state index < -0.39 is 17.8 Å². The third-order valence-electron chi connectivity index (χ3n) is 3.62. The average molecular weight is 361 g/mol. The summed E-state index contributed by atoms with van der Waals surface area (Å²) in [5.74, 6) is 0.0929. The smallest absolute Gasteiger partial charge is 0.348 e. The number of amides is 1. The molecule has 0 aromatic carbocycles. The van der Waals surface area contributed by atoms with Crippen molar-refractivity contribution in [3.8, 4) is 5.82 Å². The van der Waals surface area contributed by atoms with Gasteiger partial charge in [0.25, 0.3) is 5.91 Å². The van der Waals surface area contributed by atoms with E-state index in [0.29, 0.717) is 5.82 Å². The molecular formula is C17H14F3N5O. The van der Waals surface area contributed by atoms with Crippen LogP contribution in [0.1, 0.15) is 27.3 Å². The fourth-order valence-electron chi connectivity index (χ4n) is 2.34. The Labute approximate surface area is 146 Å². The molecule has 1 N–H and O–H groups in total. The number of hydrogen-bond acceptors (Lipinski definition) is 4. The Bertz CT molecular complexity index is 922. The molecule has 3 heterocycles. The fourth-order valence-corrected chi connectivity index (χ4v) is 2.34. The minimum absolute atomic E-state index is 0.0179. The zero-order valence-electron chi connectivity index (χ0n) is 13.7. The summed E-state index contributed by atoms with van der Waals surface area (Å²) < 4.78 is 39.5. The molecule has 0 bridgehead atoms. The Balaban J connectivity index is 1.71.